The van der Waals surface area contributed by atoms with Crippen LogP contribution in [0.15, 0.2) is 77.6 Å². The molecular formula is C24H19N3O2. The summed E-state index contributed by atoms with van der Waals surface area (Å²) in [5, 5.41) is 12.7. The number of nitrogens with zero attached hydrogens (tertiary/aromatic N) is 3. The zero-order valence-electron chi connectivity index (χ0n) is 16.1. The molecule has 142 valence electrons. The van der Waals surface area contributed by atoms with Gasteiger partial charge in [0.25, 0.3) is 5.56 Å². The first-order valence-corrected chi connectivity index (χ1v) is 9.42. The van der Waals surface area contributed by atoms with Crippen molar-refractivity contribution >= 4 is 16.6 Å². The summed E-state index contributed by atoms with van der Waals surface area (Å²) in [7, 11) is 1.89. The quantitative estimate of drug-likeness (QED) is 0.489. The minimum absolute atomic E-state index is 0.135. The first-order chi connectivity index (χ1) is 14.1. The summed E-state index contributed by atoms with van der Waals surface area (Å²) in [6, 6.07) is 22.7. The maximum Gasteiger partial charge on any atom is 0.259 e. The number of hydrogen-bond donors (Lipinski definition) is 1. The van der Waals surface area contributed by atoms with Gasteiger partial charge in [-0.3, -0.25) is 4.79 Å². The van der Waals surface area contributed by atoms with Crippen molar-refractivity contribution in [3.63, 3.8) is 0 Å². The van der Waals surface area contributed by atoms with Gasteiger partial charge in [-0.2, -0.15) is 0 Å². The van der Waals surface area contributed by atoms with Crippen molar-refractivity contribution in [1.82, 2.24) is 14.0 Å². The zero-order valence-corrected chi connectivity index (χ0v) is 16.1. The molecule has 3 aromatic carbocycles. The topological polar surface area (TPSA) is 59.5 Å². The van der Waals surface area contributed by atoms with Crippen LogP contribution in [0.25, 0.3) is 39.1 Å². The molecular weight excluding hydrogens is 362 g/mol. The normalized spacial score (nSPS) is 11.4. The van der Waals surface area contributed by atoms with Crippen LogP contribution in [0.3, 0.4) is 0 Å². The summed E-state index contributed by atoms with van der Waals surface area (Å²) >= 11 is 0. The largest absolute Gasteiger partial charge is 0.507 e. The number of aryl methyl sites for hydroxylation is 2. The number of phenols is 1. The van der Waals surface area contributed by atoms with Crippen molar-refractivity contribution in [3.8, 4) is 28.3 Å². The number of phenolic OH excluding ortho intramolecular Hbond substituents is 1. The Kier molecular flexibility index (Phi) is 3.77. The second-order valence-electron chi connectivity index (χ2n) is 7.17. The van der Waals surface area contributed by atoms with E-state index in [-0.39, 0.29) is 11.3 Å². The van der Waals surface area contributed by atoms with Crippen LogP contribution in [0.4, 0.5) is 0 Å². The Bertz CT molecular complexity index is 1450. The molecule has 0 radical (unpaired) electrons. The van der Waals surface area contributed by atoms with E-state index in [4.69, 9.17) is 4.98 Å². The average Bonchev–Trinajstić information content (AvgIpc) is 3.13. The molecule has 0 saturated carbocycles. The third-order valence-electron chi connectivity index (χ3n) is 5.43. The molecule has 5 aromatic rings. The molecule has 5 heteroatoms. The van der Waals surface area contributed by atoms with Crippen LogP contribution in [-0.4, -0.2) is 19.1 Å². The van der Waals surface area contributed by atoms with Crippen molar-refractivity contribution < 1.29 is 5.11 Å². The van der Waals surface area contributed by atoms with Gasteiger partial charge in [0.15, 0.2) is 0 Å². The van der Waals surface area contributed by atoms with Gasteiger partial charge in [0.1, 0.15) is 11.4 Å². The SMILES string of the molecule is Cc1cc(=O)n2c(-c3ccccc3)c(-c3c(O)ccc4ccccc34)nc2n1C. The summed E-state index contributed by atoms with van der Waals surface area (Å²) in [4.78, 5) is 17.8. The summed E-state index contributed by atoms with van der Waals surface area (Å²) in [6.07, 6.45) is 0. The monoisotopic (exact) mass is 381 g/mol. The van der Waals surface area contributed by atoms with Gasteiger partial charge in [-0.1, -0.05) is 60.7 Å². The van der Waals surface area contributed by atoms with E-state index >= 15 is 0 Å². The molecule has 5 rings (SSSR count). The Morgan fingerprint density at radius 1 is 0.931 bits per heavy atom. The van der Waals surface area contributed by atoms with Gasteiger partial charge >= 0.3 is 0 Å². The van der Waals surface area contributed by atoms with Crippen molar-refractivity contribution in [1.29, 1.82) is 0 Å². The smallest absolute Gasteiger partial charge is 0.259 e. The van der Waals surface area contributed by atoms with E-state index in [2.05, 4.69) is 0 Å². The molecule has 2 aromatic heterocycles. The average molecular weight is 381 g/mol. The minimum Gasteiger partial charge on any atom is -0.507 e. The molecule has 0 aliphatic carbocycles. The Balaban J connectivity index is 2.01. The van der Waals surface area contributed by atoms with Gasteiger partial charge in [-0.25, -0.2) is 9.38 Å². The number of hydrogen-bond acceptors (Lipinski definition) is 3. The van der Waals surface area contributed by atoms with Crippen LogP contribution in [0.5, 0.6) is 5.75 Å². The lowest BCUT2D eigenvalue weighted by atomic mass is 9.98. The van der Waals surface area contributed by atoms with E-state index in [1.54, 1.807) is 16.5 Å². The predicted molar refractivity (Wildman–Crippen MR) is 115 cm³/mol. The fraction of sp³-hybridized carbons (Fsp3) is 0.0833. The lowest BCUT2D eigenvalue weighted by Gasteiger charge is -2.10. The number of rotatable bonds is 2. The molecule has 5 nitrogen and oxygen atoms in total. The highest BCUT2D eigenvalue weighted by molar-refractivity contribution is 6.02. The van der Waals surface area contributed by atoms with Crippen LogP contribution in [0, 0.1) is 6.92 Å². The fourth-order valence-electron chi connectivity index (χ4n) is 3.89. The van der Waals surface area contributed by atoms with Gasteiger partial charge in [0.2, 0.25) is 5.78 Å². The van der Waals surface area contributed by atoms with Crippen LogP contribution in [0.2, 0.25) is 0 Å². The van der Waals surface area contributed by atoms with E-state index in [0.717, 1.165) is 22.0 Å². The Morgan fingerprint density at radius 3 is 2.45 bits per heavy atom. The van der Waals surface area contributed by atoms with Crippen molar-refractivity contribution in [2.45, 2.75) is 6.92 Å². The Hall–Kier alpha value is -3.86. The first kappa shape index (κ1) is 17.3. The lowest BCUT2D eigenvalue weighted by Crippen LogP contribution is -2.18. The first-order valence-electron chi connectivity index (χ1n) is 9.42. The van der Waals surface area contributed by atoms with E-state index in [9.17, 15) is 9.90 Å². The summed E-state index contributed by atoms with van der Waals surface area (Å²) in [5.41, 5.74) is 3.43. The second kappa shape index (κ2) is 6.34. The molecule has 0 amide bonds. The summed E-state index contributed by atoms with van der Waals surface area (Å²) < 4.78 is 3.51. The maximum atomic E-state index is 13.0. The third-order valence-corrected chi connectivity index (χ3v) is 5.43. The summed E-state index contributed by atoms with van der Waals surface area (Å²) in [5.74, 6) is 0.673. The highest BCUT2D eigenvalue weighted by Gasteiger charge is 2.23. The van der Waals surface area contributed by atoms with Gasteiger partial charge in [0, 0.05) is 24.4 Å². The van der Waals surface area contributed by atoms with Crippen LogP contribution in [-0.2, 0) is 7.05 Å². The molecule has 0 saturated heterocycles. The molecule has 0 fully saturated rings. The number of imidazole rings is 1. The van der Waals surface area contributed by atoms with E-state index in [0.29, 0.717) is 22.7 Å². The standard InChI is InChI=1S/C24H19N3O2/c1-15-14-20(29)27-23(17-9-4-3-5-10-17)22(25-24(27)26(15)2)21-18-11-7-6-8-16(18)12-13-19(21)28/h3-14,28H,1-2H3. The van der Waals surface area contributed by atoms with Gasteiger partial charge in [-0.15, -0.1) is 0 Å². The van der Waals surface area contributed by atoms with Gasteiger partial charge < -0.3 is 9.67 Å². The number of aromatic hydroxyl groups is 1. The second-order valence-corrected chi connectivity index (χ2v) is 7.17. The van der Waals surface area contributed by atoms with Crippen LogP contribution >= 0.6 is 0 Å². The molecule has 0 aliphatic rings. The van der Waals surface area contributed by atoms with Crippen LogP contribution < -0.4 is 5.56 Å². The van der Waals surface area contributed by atoms with Gasteiger partial charge in [-0.05, 0) is 23.8 Å². The van der Waals surface area contributed by atoms with Crippen molar-refractivity contribution in [2.75, 3.05) is 0 Å². The molecule has 0 spiro atoms. The molecule has 0 aliphatic heterocycles. The maximum absolute atomic E-state index is 13.0. The van der Waals surface area contributed by atoms with Crippen molar-refractivity contribution in [3.05, 3.63) is 88.8 Å². The highest BCUT2D eigenvalue weighted by atomic mass is 16.3. The number of fused-ring (bicyclic) bond motifs is 2. The Labute approximate surface area is 167 Å². The van der Waals surface area contributed by atoms with E-state index < -0.39 is 0 Å². The molecule has 0 bridgehead atoms. The number of benzene rings is 3. The molecule has 29 heavy (non-hydrogen) atoms. The van der Waals surface area contributed by atoms with Crippen LogP contribution in [0.1, 0.15) is 5.69 Å². The molecule has 0 unspecified atom stereocenters. The van der Waals surface area contributed by atoms with Gasteiger partial charge in [0.05, 0.1) is 11.3 Å². The highest BCUT2D eigenvalue weighted by Crippen LogP contribution is 2.40. The van der Waals surface area contributed by atoms with Crippen molar-refractivity contribution in [2.24, 2.45) is 7.05 Å². The fourth-order valence-corrected chi connectivity index (χ4v) is 3.89. The molecule has 1 N–H and O–H groups in total. The minimum atomic E-state index is -0.145. The predicted octanol–water partition coefficient (Wildman–Crippen LogP) is 4.53. The molecule has 0 atom stereocenters. The Morgan fingerprint density at radius 2 is 1.66 bits per heavy atom. The summed E-state index contributed by atoms with van der Waals surface area (Å²) in [6.45, 7) is 1.88. The lowest BCUT2D eigenvalue weighted by molar-refractivity contribution is 0.478. The third kappa shape index (κ3) is 2.55. The zero-order chi connectivity index (χ0) is 20.1. The van der Waals surface area contributed by atoms with E-state index in [1.165, 1.54) is 0 Å². The number of aromatic nitrogens is 3. The molecule has 2 heterocycles. The van der Waals surface area contributed by atoms with E-state index in [1.807, 2.05) is 79.2 Å².